The van der Waals surface area contributed by atoms with E-state index < -0.39 is 6.29 Å². The first kappa shape index (κ1) is 12.4. The second kappa shape index (κ2) is 5.10. The normalized spacial score (nSPS) is 19.1. The van der Waals surface area contributed by atoms with Crippen molar-refractivity contribution in [1.82, 2.24) is 0 Å². The number of benzene rings is 1. The molecule has 18 heavy (non-hydrogen) atoms. The number of aliphatic hydroxyl groups excluding tert-OH is 1. The molecule has 0 aromatic heterocycles. The molecule has 96 valence electrons. The number of carbonyl (C=O) groups excluding carboxylic acids is 1. The number of ketones is 1. The Morgan fingerprint density at radius 2 is 2.22 bits per heavy atom. The van der Waals surface area contributed by atoms with E-state index in [1.807, 2.05) is 0 Å². The number of methoxy groups -OCH3 is 1. The fourth-order valence-electron chi connectivity index (χ4n) is 1.82. The first-order chi connectivity index (χ1) is 8.56. The van der Waals surface area contributed by atoms with Crippen molar-refractivity contribution in [2.75, 3.05) is 7.11 Å². The Labute approximate surface area is 104 Å². The minimum Gasteiger partial charge on any atom is -0.508 e. The van der Waals surface area contributed by atoms with Crippen LogP contribution >= 0.6 is 0 Å². The van der Waals surface area contributed by atoms with Crippen LogP contribution in [0.3, 0.4) is 0 Å². The van der Waals surface area contributed by atoms with Crippen LogP contribution in [0.25, 0.3) is 0 Å². The van der Waals surface area contributed by atoms with Crippen molar-refractivity contribution in [2.24, 2.45) is 0 Å². The van der Waals surface area contributed by atoms with Crippen molar-refractivity contribution in [3.8, 4) is 11.5 Å². The molecule has 0 unspecified atom stereocenters. The second-order valence-corrected chi connectivity index (χ2v) is 4.07. The van der Waals surface area contributed by atoms with Gasteiger partial charge in [-0.2, -0.15) is 0 Å². The molecular weight excluding hydrogens is 236 g/mol. The molecule has 0 fully saturated rings. The molecule has 5 nitrogen and oxygen atoms in total. The van der Waals surface area contributed by atoms with Crippen molar-refractivity contribution in [3.63, 3.8) is 0 Å². The van der Waals surface area contributed by atoms with Gasteiger partial charge in [0.25, 0.3) is 0 Å². The molecule has 0 saturated heterocycles. The Hall–Kier alpha value is -2.01. The van der Waals surface area contributed by atoms with E-state index in [2.05, 4.69) is 0 Å². The summed E-state index contributed by atoms with van der Waals surface area (Å²) in [5.74, 6) is 0.809. The summed E-state index contributed by atoms with van der Waals surface area (Å²) in [6.45, 7) is 0. The summed E-state index contributed by atoms with van der Waals surface area (Å²) in [6, 6.07) is 4.77. The van der Waals surface area contributed by atoms with Crippen molar-refractivity contribution in [1.29, 1.82) is 0 Å². The van der Waals surface area contributed by atoms with Crippen LogP contribution in [0.15, 0.2) is 30.0 Å². The number of hydrogen-bond acceptors (Lipinski definition) is 5. The van der Waals surface area contributed by atoms with E-state index in [1.54, 1.807) is 12.1 Å². The lowest BCUT2D eigenvalue weighted by Gasteiger charge is -2.19. The lowest BCUT2D eigenvalue weighted by atomic mass is 10.1. The molecule has 1 atom stereocenters. The number of phenols is 1. The standard InChI is InChI=1S/C13H14O5/c1-17-11-3-8(2-9(14)5-11)4-12-6-10(15)7-13(16)18-12/h2-3,5-6,13-14,16H,4,7H2,1H3/t13-/m1/s1. The van der Waals surface area contributed by atoms with Crippen LogP contribution < -0.4 is 4.74 Å². The fourth-order valence-corrected chi connectivity index (χ4v) is 1.82. The van der Waals surface area contributed by atoms with Gasteiger partial charge in [0.2, 0.25) is 6.29 Å². The van der Waals surface area contributed by atoms with E-state index in [0.717, 1.165) is 5.56 Å². The maximum atomic E-state index is 11.3. The van der Waals surface area contributed by atoms with Gasteiger partial charge in [0.05, 0.1) is 13.5 Å². The first-order valence-electron chi connectivity index (χ1n) is 5.52. The van der Waals surface area contributed by atoms with Crippen LogP contribution in [-0.4, -0.2) is 29.4 Å². The SMILES string of the molecule is COc1cc(O)cc(CC2=CC(=O)C[C@H](O)O2)c1. The summed E-state index contributed by atoms with van der Waals surface area (Å²) < 4.78 is 10.2. The highest BCUT2D eigenvalue weighted by Gasteiger charge is 2.19. The van der Waals surface area contributed by atoms with E-state index in [-0.39, 0.29) is 18.0 Å². The minimum absolute atomic E-state index is 0.0210. The van der Waals surface area contributed by atoms with Crippen LogP contribution in [-0.2, 0) is 16.0 Å². The molecule has 0 amide bonds. The zero-order valence-electron chi connectivity index (χ0n) is 9.92. The van der Waals surface area contributed by atoms with Gasteiger partial charge >= 0.3 is 0 Å². The molecule has 1 aliphatic heterocycles. The van der Waals surface area contributed by atoms with Gasteiger partial charge in [-0.15, -0.1) is 0 Å². The number of hydrogen-bond donors (Lipinski definition) is 2. The predicted molar refractivity (Wildman–Crippen MR) is 63.2 cm³/mol. The maximum Gasteiger partial charge on any atom is 0.204 e. The third-order valence-electron chi connectivity index (χ3n) is 2.55. The van der Waals surface area contributed by atoms with E-state index >= 15 is 0 Å². The van der Waals surface area contributed by atoms with E-state index in [9.17, 15) is 15.0 Å². The summed E-state index contributed by atoms with van der Waals surface area (Å²) in [5, 5.41) is 18.8. The van der Waals surface area contributed by atoms with Gasteiger partial charge in [-0.25, -0.2) is 0 Å². The summed E-state index contributed by atoms with van der Waals surface area (Å²) in [5.41, 5.74) is 0.736. The highest BCUT2D eigenvalue weighted by Crippen LogP contribution is 2.25. The molecule has 1 heterocycles. The third kappa shape index (κ3) is 3.01. The molecule has 0 bridgehead atoms. The number of phenolic OH excluding ortho intramolecular Hbond substituents is 1. The summed E-state index contributed by atoms with van der Waals surface area (Å²) in [4.78, 5) is 11.3. The zero-order valence-corrected chi connectivity index (χ0v) is 9.92. The molecule has 0 radical (unpaired) electrons. The molecule has 0 saturated carbocycles. The van der Waals surface area contributed by atoms with Gasteiger partial charge in [-0.1, -0.05) is 0 Å². The largest absolute Gasteiger partial charge is 0.508 e. The number of allylic oxidation sites excluding steroid dienone is 2. The molecule has 0 aliphatic carbocycles. The van der Waals surface area contributed by atoms with Gasteiger partial charge in [0.15, 0.2) is 5.78 Å². The van der Waals surface area contributed by atoms with Crippen molar-refractivity contribution in [3.05, 3.63) is 35.6 Å². The maximum absolute atomic E-state index is 11.3. The number of aliphatic hydroxyl groups is 1. The third-order valence-corrected chi connectivity index (χ3v) is 2.55. The predicted octanol–water partition coefficient (Wildman–Crippen LogP) is 1.13. The Balaban J connectivity index is 2.18. The molecule has 0 spiro atoms. The Kier molecular flexibility index (Phi) is 3.53. The van der Waals surface area contributed by atoms with Crippen molar-refractivity contribution < 1.29 is 24.5 Å². The highest BCUT2D eigenvalue weighted by molar-refractivity contribution is 5.91. The molecule has 2 rings (SSSR count). The van der Waals surface area contributed by atoms with E-state index in [4.69, 9.17) is 9.47 Å². The molecule has 1 aromatic carbocycles. The zero-order chi connectivity index (χ0) is 13.1. The van der Waals surface area contributed by atoms with Gasteiger partial charge in [-0.05, 0) is 17.7 Å². The average molecular weight is 250 g/mol. The summed E-state index contributed by atoms with van der Waals surface area (Å²) >= 11 is 0. The van der Waals surface area contributed by atoms with Crippen LogP contribution in [0.1, 0.15) is 12.0 Å². The molecule has 1 aromatic rings. The Morgan fingerprint density at radius 3 is 2.89 bits per heavy atom. The van der Waals surface area contributed by atoms with Crippen LogP contribution in [0.2, 0.25) is 0 Å². The van der Waals surface area contributed by atoms with Crippen molar-refractivity contribution in [2.45, 2.75) is 19.1 Å². The lowest BCUT2D eigenvalue weighted by molar-refractivity contribution is -0.130. The quantitative estimate of drug-likeness (QED) is 0.841. The Bertz CT molecular complexity index is 492. The minimum atomic E-state index is -1.09. The van der Waals surface area contributed by atoms with Crippen molar-refractivity contribution >= 4 is 5.78 Å². The topological polar surface area (TPSA) is 76.0 Å². The average Bonchev–Trinajstić information content (AvgIpc) is 2.26. The second-order valence-electron chi connectivity index (χ2n) is 4.07. The molecule has 1 aliphatic rings. The smallest absolute Gasteiger partial charge is 0.204 e. The number of rotatable bonds is 3. The lowest BCUT2D eigenvalue weighted by Crippen LogP contribution is -2.22. The monoisotopic (exact) mass is 250 g/mol. The number of carbonyl (C=O) groups is 1. The first-order valence-corrected chi connectivity index (χ1v) is 5.52. The Morgan fingerprint density at radius 1 is 1.44 bits per heavy atom. The molecule has 5 heteroatoms. The molecular formula is C13H14O5. The number of aromatic hydroxyl groups is 1. The van der Waals surface area contributed by atoms with Crippen LogP contribution in [0.4, 0.5) is 0 Å². The van der Waals surface area contributed by atoms with E-state index in [0.29, 0.717) is 17.9 Å². The molecule has 2 N–H and O–H groups in total. The van der Waals surface area contributed by atoms with Gasteiger partial charge in [0, 0.05) is 18.6 Å². The summed E-state index contributed by atoms with van der Waals surface area (Å²) in [7, 11) is 1.50. The van der Waals surface area contributed by atoms with Crippen LogP contribution in [0, 0.1) is 0 Å². The van der Waals surface area contributed by atoms with Gasteiger partial charge in [0.1, 0.15) is 17.3 Å². The van der Waals surface area contributed by atoms with Gasteiger partial charge < -0.3 is 19.7 Å². The highest BCUT2D eigenvalue weighted by atomic mass is 16.6. The van der Waals surface area contributed by atoms with Gasteiger partial charge in [-0.3, -0.25) is 4.79 Å². The fraction of sp³-hybridized carbons (Fsp3) is 0.308. The number of ether oxygens (including phenoxy) is 2. The summed E-state index contributed by atoms with van der Waals surface area (Å²) in [6.07, 6.45) is 0.570. The van der Waals surface area contributed by atoms with E-state index in [1.165, 1.54) is 19.3 Å². The van der Waals surface area contributed by atoms with Crippen LogP contribution in [0.5, 0.6) is 11.5 Å².